The van der Waals surface area contributed by atoms with E-state index in [-0.39, 0.29) is 5.70 Å². The third kappa shape index (κ3) is 1.22. The first-order chi connectivity index (χ1) is 4.72. The average molecular weight is 141 g/mol. The van der Waals surface area contributed by atoms with E-state index in [2.05, 4.69) is 0 Å². The van der Waals surface area contributed by atoms with E-state index in [0.717, 1.165) is 0 Å². The summed E-state index contributed by atoms with van der Waals surface area (Å²) in [7, 11) is 0. The van der Waals surface area contributed by atoms with E-state index in [1.54, 1.807) is 12.2 Å². The molecule has 0 spiro atoms. The lowest BCUT2D eigenvalue weighted by atomic mass is 10.1. The predicted molar refractivity (Wildman–Crippen MR) is 34.8 cm³/mol. The molecule has 0 amide bonds. The van der Waals surface area contributed by atoms with Gasteiger partial charge < -0.3 is 5.11 Å². The minimum atomic E-state index is -0.931. The monoisotopic (exact) mass is 141 g/mol. The molecular formula is C6H7NO3. The molecule has 0 aromatic carbocycles. The second-order valence-corrected chi connectivity index (χ2v) is 2.03. The van der Waals surface area contributed by atoms with Gasteiger partial charge in [0, 0.05) is 12.5 Å². The molecule has 1 unspecified atom stereocenters. The number of hydrogen-bond donors (Lipinski definition) is 1. The van der Waals surface area contributed by atoms with Gasteiger partial charge in [-0.3, -0.25) is 10.1 Å². The van der Waals surface area contributed by atoms with Crippen LogP contribution in [0.15, 0.2) is 23.9 Å². The molecule has 0 aromatic heterocycles. The van der Waals surface area contributed by atoms with E-state index in [4.69, 9.17) is 5.11 Å². The summed E-state index contributed by atoms with van der Waals surface area (Å²) in [5.74, 6) is 0. The number of nitro groups is 1. The Morgan fingerprint density at radius 2 is 2.50 bits per heavy atom. The molecule has 1 atom stereocenters. The van der Waals surface area contributed by atoms with Gasteiger partial charge in [-0.1, -0.05) is 12.2 Å². The Bertz CT molecular complexity index is 207. The van der Waals surface area contributed by atoms with Gasteiger partial charge in [-0.2, -0.15) is 0 Å². The fourth-order valence-corrected chi connectivity index (χ4v) is 0.788. The summed E-state index contributed by atoms with van der Waals surface area (Å²) in [4.78, 5) is 9.55. The molecule has 0 aromatic rings. The van der Waals surface area contributed by atoms with Gasteiger partial charge in [-0.05, 0) is 0 Å². The zero-order valence-corrected chi connectivity index (χ0v) is 5.23. The molecule has 0 bridgehead atoms. The summed E-state index contributed by atoms with van der Waals surface area (Å²) in [6.07, 6.45) is 3.99. The maximum Gasteiger partial charge on any atom is 0.274 e. The van der Waals surface area contributed by atoms with Crippen molar-refractivity contribution in [3.8, 4) is 0 Å². The molecule has 1 rings (SSSR count). The molecule has 54 valence electrons. The van der Waals surface area contributed by atoms with E-state index < -0.39 is 11.0 Å². The lowest BCUT2D eigenvalue weighted by molar-refractivity contribution is -0.436. The first-order valence-corrected chi connectivity index (χ1v) is 2.91. The van der Waals surface area contributed by atoms with Crippen LogP contribution in [0.2, 0.25) is 0 Å². The van der Waals surface area contributed by atoms with Crippen molar-refractivity contribution in [1.82, 2.24) is 0 Å². The summed E-state index contributed by atoms with van der Waals surface area (Å²) in [6.45, 7) is 0. The van der Waals surface area contributed by atoms with E-state index >= 15 is 0 Å². The summed E-state index contributed by atoms with van der Waals surface area (Å²) in [5.41, 5.74) is -0.123. The first kappa shape index (κ1) is 6.95. The smallest absolute Gasteiger partial charge is 0.274 e. The van der Waals surface area contributed by atoms with Gasteiger partial charge in [0.25, 0.3) is 5.70 Å². The van der Waals surface area contributed by atoms with E-state index in [1.807, 2.05) is 0 Å². The fraction of sp³-hybridized carbons (Fsp3) is 0.333. The Labute approximate surface area is 57.6 Å². The highest BCUT2D eigenvalue weighted by atomic mass is 16.6. The standard InChI is InChI=1S/C6H7NO3/c8-6-4-2-1-3-5(6)7(9)10/h1-3,6,8H,4H2. The van der Waals surface area contributed by atoms with Crippen LogP contribution in [0.5, 0.6) is 0 Å². The number of aliphatic hydroxyl groups excluding tert-OH is 1. The molecule has 4 heteroatoms. The maximum atomic E-state index is 10.1. The molecule has 4 nitrogen and oxygen atoms in total. The topological polar surface area (TPSA) is 63.4 Å². The number of nitrogens with zero attached hydrogens (tertiary/aromatic N) is 1. The van der Waals surface area contributed by atoms with Gasteiger partial charge in [0.15, 0.2) is 0 Å². The van der Waals surface area contributed by atoms with Crippen molar-refractivity contribution in [1.29, 1.82) is 0 Å². The van der Waals surface area contributed by atoms with Crippen LogP contribution in [0.25, 0.3) is 0 Å². The molecule has 1 N–H and O–H groups in total. The molecule has 0 aliphatic heterocycles. The number of allylic oxidation sites excluding steroid dienone is 2. The third-order valence-electron chi connectivity index (χ3n) is 1.31. The highest BCUT2D eigenvalue weighted by molar-refractivity contribution is 5.16. The minimum Gasteiger partial charge on any atom is -0.381 e. The molecule has 10 heavy (non-hydrogen) atoms. The average Bonchev–Trinajstić information content (AvgIpc) is 1.88. The summed E-state index contributed by atoms with van der Waals surface area (Å²) in [6, 6.07) is 0. The van der Waals surface area contributed by atoms with Crippen molar-refractivity contribution >= 4 is 0 Å². The quantitative estimate of drug-likeness (QED) is 0.426. The van der Waals surface area contributed by atoms with Crippen molar-refractivity contribution in [3.63, 3.8) is 0 Å². The molecule has 0 fully saturated rings. The van der Waals surface area contributed by atoms with E-state index in [0.29, 0.717) is 6.42 Å². The van der Waals surface area contributed by atoms with Gasteiger partial charge in [0.05, 0.1) is 4.92 Å². The number of aliphatic hydroxyl groups is 1. The Balaban J connectivity index is 2.80. The van der Waals surface area contributed by atoms with Crippen LogP contribution in [0.3, 0.4) is 0 Å². The van der Waals surface area contributed by atoms with Crippen LogP contribution in [0.4, 0.5) is 0 Å². The maximum absolute atomic E-state index is 10.1. The second-order valence-electron chi connectivity index (χ2n) is 2.03. The van der Waals surface area contributed by atoms with Gasteiger partial charge in [-0.15, -0.1) is 0 Å². The highest BCUT2D eigenvalue weighted by Crippen LogP contribution is 2.12. The second kappa shape index (κ2) is 2.62. The van der Waals surface area contributed by atoms with Crippen molar-refractivity contribution in [2.45, 2.75) is 12.5 Å². The molecule has 0 saturated carbocycles. The third-order valence-corrected chi connectivity index (χ3v) is 1.31. The van der Waals surface area contributed by atoms with Gasteiger partial charge >= 0.3 is 0 Å². The van der Waals surface area contributed by atoms with Crippen LogP contribution in [0, 0.1) is 10.1 Å². The lowest BCUT2D eigenvalue weighted by Gasteiger charge is -2.06. The number of rotatable bonds is 1. The Morgan fingerprint density at radius 1 is 1.80 bits per heavy atom. The minimum absolute atomic E-state index is 0.123. The summed E-state index contributed by atoms with van der Waals surface area (Å²) in [5, 5.41) is 19.1. The number of hydrogen-bond acceptors (Lipinski definition) is 3. The van der Waals surface area contributed by atoms with Gasteiger partial charge in [0.1, 0.15) is 6.10 Å². The molecule has 0 radical (unpaired) electrons. The Morgan fingerprint density at radius 3 is 2.90 bits per heavy atom. The van der Waals surface area contributed by atoms with Crippen molar-refractivity contribution in [2.75, 3.05) is 0 Å². The predicted octanol–water partition coefficient (Wildman–Crippen LogP) is 0.468. The van der Waals surface area contributed by atoms with Crippen LogP contribution in [0.1, 0.15) is 6.42 Å². The summed E-state index contributed by atoms with van der Waals surface area (Å²) >= 11 is 0. The van der Waals surface area contributed by atoms with Crippen molar-refractivity contribution in [3.05, 3.63) is 34.0 Å². The van der Waals surface area contributed by atoms with Crippen molar-refractivity contribution in [2.24, 2.45) is 0 Å². The molecule has 0 saturated heterocycles. The van der Waals surface area contributed by atoms with Crippen LogP contribution >= 0.6 is 0 Å². The van der Waals surface area contributed by atoms with E-state index in [9.17, 15) is 10.1 Å². The van der Waals surface area contributed by atoms with Gasteiger partial charge in [-0.25, -0.2) is 0 Å². The van der Waals surface area contributed by atoms with Crippen molar-refractivity contribution < 1.29 is 10.0 Å². The van der Waals surface area contributed by atoms with Crippen LogP contribution < -0.4 is 0 Å². The van der Waals surface area contributed by atoms with Crippen LogP contribution in [-0.4, -0.2) is 16.1 Å². The Hall–Kier alpha value is -1.16. The molecule has 1 aliphatic rings. The molecular weight excluding hydrogens is 134 g/mol. The first-order valence-electron chi connectivity index (χ1n) is 2.91. The van der Waals surface area contributed by atoms with Gasteiger partial charge in [0.2, 0.25) is 0 Å². The normalized spacial score (nSPS) is 24.1. The summed E-state index contributed by atoms with van der Waals surface area (Å²) < 4.78 is 0. The highest BCUT2D eigenvalue weighted by Gasteiger charge is 2.21. The van der Waals surface area contributed by atoms with Crippen LogP contribution in [-0.2, 0) is 0 Å². The van der Waals surface area contributed by atoms with E-state index in [1.165, 1.54) is 6.08 Å². The molecule has 1 aliphatic carbocycles. The zero-order valence-electron chi connectivity index (χ0n) is 5.23. The largest absolute Gasteiger partial charge is 0.381 e. The Kier molecular flexibility index (Phi) is 1.82. The lowest BCUT2D eigenvalue weighted by Crippen LogP contribution is -2.17. The zero-order chi connectivity index (χ0) is 7.56. The SMILES string of the molecule is O=[N+]([O-])C1=CC=CCC1O. The fourth-order valence-electron chi connectivity index (χ4n) is 0.788. The molecule has 0 heterocycles.